The van der Waals surface area contributed by atoms with Crippen molar-refractivity contribution in [3.05, 3.63) is 29.3 Å². The second-order valence-electron chi connectivity index (χ2n) is 5.64. The van der Waals surface area contributed by atoms with Crippen molar-refractivity contribution in [1.29, 1.82) is 0 Å². The summed E-state index contributed by atoms with van der Waals surface area (Å²) in [6.07, 6.45) is 7.68. The molecular formula is C16H19NO4. The second kappa shape index (κ2) is 5.77. The molecule has 1 fully saturated rings. The van der Waals surface area contributed by atoms with E-state index in [-0.39, 0.29) is 23.3 Å². The molecule has 1 saturated carbocycles. The third kappa shape index (κ3) is 2.74. The van der Waals surface area contributed by atoms with Gasteiger partial charge in [-0.05, 0) is 30.0 Å². The Morgan fingerprint density at radius 3 is 2.62 bits per heavy atom. The number of phenols is 1. The molecule has 5 heteroatoms. The first-order valence-corrected chi connectivity index (χ1v) is 7.33. The first-order valence-electron chi connectivity index (χ1n) is 7.33. The molecule has 1 atom stereocenters. The Kier molecular flexibility index (Phi) is 3.84. The van der Waals surface area contributed by atoms with Crippen molar-refractivity contribution in [2.45, 2.75) is 38.2 Å². The van der Waals surface area contributed by atoms with E-state index >= 15 is 0 Å². The van der Waals surface area contributed by atoms with Crippen molar-refractivity contribution in [3.8, 4) is 11.5 Å². The number of nitrogens with zero attached hydrogens (tertiary/aromatic N) is 1. The van der Waals surface area contributed by atoms with E-state index in [9.17, 15) is 15.3 Å². The molecule has 1 aromatic carbocycles. The van der Waals surface area contributed by atoms with Crippen LogP contribution in [0, 0.1) is 5.92 Å². The van der Waals surface area contributed by atoms with Gasteiger partial charge in [-0.1, -0.05) is 31.4 Å². The van der Waals surface area contributed by atoms with E-state index in [1.54, 1.807) is 18.2 Å². The summed E-state index contributed by atoms with van der Waals surface area (Å²) in [6.45, 7) is 0. The van der Waals surface area contributed by atoms with Gasteiger partial charge in [0, 0.05) is 17.2 Å². The molecular weight excluding hydrogens is 270 g/mol. The van der Waals surface area contributed by atoms with Crippen molar-refractivity contribution < 1.29 is 20.2 Å². The second-order valence-corrected chi connectivity index (χ2v) is 5.64. The number of fused-ring (bicyclic) bond motifs is 1. The fourth-order valence-corrected chi connectivity index (χ4v) is 3.06. The minimum atomic E-state index is -0.705. The van der Waals surface area contributed by atoms with Crippen molar-refractivity contribution in [2.75, 3.05) is 0 Å². The first kappa shape index (κ1) is 13.9. The molecule has 1 unspecified atom stereocenters. The van der Waals surface area contributed by atoms with Crippen LogP contribution in [-0.4, -0.2) is 21.2 Å². The Bertz CT molecular complexity index is 588. The third-order valence-electron chi connectivity index (χ3n) is 4.25. The summed E-state index contributed by atoms with van der Waals surface area (Å²) in [5.74, 6) is -0.0303. The number of rotatable bonds is 2. The van der Waals surface area contributed by atoms with E-state index in [0.717, 1.165) is 25.7 Å². The lowest BCUT2D eigenvalue weighted by atomic mass is 9.82. The molecule has 21 heavy (non-hydrogen) atoms. The topological polar surface area (TPSA) is 82.3 Å². The zero-order chi connectivity index (χ0) is 14.8. The van der Waals surface area contributed by atoms with Crippen molar-refractivity contribution in [2.24, 2.45) is 11.1 Å². The van der Waals surface area contributed by atoms with Gasteiger partial charge in [0.05, 0.1) is 6.10 Å². The average molecular weight is 289 g/mol. The molecule has 0 radical (unpaired) electrons. The predicted octanol–water partition coefficient (Wildman–Crippen LogP) is 3.28. The fourth-order valence-electron chi connectivity index (χ4n) is 3.06. The number of aliphatic hydroxyl groups is 2. The van der Waals surface area contributed by atoms with Gasteiger partial charge in [-0.2, -0.15) is 0 Å². The van der Waals surface area contributed by atoms with Crippen LogP contribution in [0.1, 0.15) is 49.3 Å². The molecule has 0 bridgehead atoms. The van der Waals surface area contributed by atoms with Crippen LogP contribution in [-0.2, 0) is 0 Å². The van der Waals surface area contributed by atoms with E-state index in [4.69, 9.17) is 4.84 Å². The molecule has 5 nitrogen and oxygen atoms in total. The molecule has 2 aliphatic rings. The van der Waals surface area contributed by atoms with Gasteiger partial charge in [0.2, 0.25) is 11.6 Å². The summed E-state index contributed by atoms with van der Waals surface area (Å²) >= 11 is 0. The van der Waals surface area contributed by atoms with Crippen LogP contribution < -0.4 is 4.84 Å². The van der Waals surface area contributed by atoms with Crippen LogP contribution in [0.3, 0.4) is 0 Å². The highest BCUT2D eigenvalue weighted by Crippen LogP contribution is 2.43. The van der Waals surface area contributed by atoms with Gasteiger partial charge in [0.25, 0.3) is 0 Å². The fraction of sp³-hybridized carbons (Fsp3) is 0.438. The molecule has 0 saturated heterocycles. The van der Waals surface area contributed by atoms with E-state index in [2.05, 4.69) is 5.16 Å². The number of aromatic hydroxyl groups is 1. The number of benzene rings is 1. The lowest BCUT2D eigenvalue weighted by molar-refractivity contribution is 0.0821. The van der Waals surface area contributed by atoms with Crippen LogP contribution in [0.2, 0.25) is 0 Å². The number of hydrogen-bond acceptors (Lipinski definition) is 4. The van der Waals surface area contributed by atoms with Gasteiger partial charge >= 0.3 is 0 Å². The Hall–Kier alpha value is -2.01. The largest absolute Gasteiger partial charge is 0.504 e. The quantitative estimate of drug-likeness (QED) is 0.780. The summed E-state index contributed by atoms with van der Waals surface area (Å²) < 4.78 is 0. The summed E-state index contributed by atoms with van der Waals surface area (Å²) in [5, 5.41) is 33.7. The molecule has 0 aromatic heterocycles. The Morgan fingerprint density at radius 1 is 1.10 bits per heavy atom. The van der Waals surface area contributed by atoms with E-state index in [1.807, 2.05) is 0 Å². The molecule has 3 N–H and O–H groups in total. The molecule has 1 heterocycles. The molecule has 1 aromatic rings. The average Bonchev–Trinajstić information content (AvgIpc) is 2.71. The van der Waals surface area contributed by atoms with E-state index < -0.39 is 6.10 Å². The van der Waals surface area contributed by atoms with Crippen molar-refractivity contribution in [1.82, 2.24) is 0 Å². The normalized spacial score (nSPS) is 20.1. The highest BCUT2D eigenvalue weighted by molar-refractivity contribution is 5.91. The zero-order valence-corrected chi connectivity index (χ0v) is 11.7. The van der Waals surface area contributed by atoms with Gasteiger partial charge < -0.3 is 20.2 Å². The maximum absolute atomic E-state index is 10.5. The molecule has 3 rings (SSSR count). The minimum Gasteiger partial charge on any atom is -0.504 e. The molecule has 0 amide bonds. The molecule has 1 aliphatic carbocycles. The summed E-state index contributed by atoms with van der Waals surface area (Å²) in [5.41, 5.74) is 1.07. The maximum Gasteiger partial charge on any atom is 0.248 e. The monoisotopic (exact) mass is 289 g/mol. The Labute approximate surface area is 123 Å². The highest BCUT2D eigenvalue weighted by Gasteiger charge is 2.27. The predicted molar refractivity (Wildman–Crippen MR) is 79.4 cm³/mol. The number of hydrogen-bond donors (Lipinski definition) is 3. The Morgan fingerprint density at radius 2 is 1.86 bits per heavy atom. The summed E-state index contributed by atoms with van der Waals surface area (Å²) in [4.78, 5) is 5.08. The van der Waals surface area contributed by atoms with Crippen molar-refractivity contribution >= 4 is 12.0 Å². The molecule has 0 spiro atoms. The minimum absolute atomic E-state index is 0.103. The van der Waals surface area contributed by atoms with Crippen LogP contribution in [0.15, 0.2) is 23.4 Å². The van der Waals surface area contributed by atoms with Gasteiger partial charge in [0.15, 0.2) is 5.75 Å². The third-order valence-corrected chi connectivity index (χ3v) is 4.25. The van der Waals surface area contributed by atoms with Crippen LogP contribution in [0.5, 0.6) is 11.5 Å². The Balaban J connectivity index is 1.92. The van der Waals surface area contributed by atoms with Gasteiger partial charge in [-0.3, -0.25) is 0 Å². The SMILES string of the molecule is OC1=NOc2c(ccc(C(O)C3CCCCC3)c2O)C=C1. The zero-order valence-electron chi connectivity index (χ0n) is 11.7. The lowest BCUT2D eigenvalue weighted by Gasteiger charge is -2.27. The highest BCUT2D eigenvalue weighted by atomic mass is 16.6. The van der Waals surface area contributed by atoms with Crippen LogP contribution in [0.4, 0.5) is 0 Å². The summed E-state index contributed by atoms with van der Waals surface area (Å²) in [6, 6.07) is 3.46. The van der Waals surface area contributed by atoms with Crippen LogP contribution >= 0.6 is 0 Å². The molecule has 1 aliphatic heterocycles. The lowest BCUT2D eigenvalue weighted by Crippen LogP contribution is -2.16. The van der Waals surface area contributed by atoms with Crippen LogP contribution in [0.25, 0.3) is 6.08 Å². The van der Waals surface area contributed by atoms with Gasteiger partial charge in [-0.25, -0.2) is 0 Å². The summed E-state index contributed by atoms with van der Waals surface area (Å²) in [7, 11) is 0. The maximum atomic E-state index is 10.5. The number of aliphatic hydroxyl groups excluding tert-OH is 2. The van der Waals surface area contributed by atoms with Gasteiger partial charge in [0.1, 0.15) is 0 Å². The number of oxime groups is 1. The standard InChI is InChI=1S/C16H19NO4/c18-13-9-7-11-6-8-12(15(20)16(11)21-17-13)14(19)10-4-2-1-3-5-10/h6-10,14,19-20H,1-5H2,(H,17,18). The first-order chi connectivity index (χ1) is 10.2. The smallest absolute Gasteiger partial charge is 0.248 e. The number of phenolic OH excluding ortho intramolecular Hbond substituents is 1. The van der Waals surface area contributed by atoms with Crippen molar-refractivity contribution in [3.63, 3.8) is 0 Å². The molecule has 112 valence electrons. The van der Waals surface area contributed by atoms with Gasteiger partial charge in [-0.15, -0.1) is 0 Å². The van der Waals surface area contributed by atoms with E-state index in [1.165, 1.54) is 12.5 Å². The van der Waals surface area contributed by atoms with E-state index in [0.29, 0.717) is 11.1 Å².